The average Bonchev–Trinajstić information content (AvgIpc) is 2.38. The van der Waals surface area contributed by atoms with E-state index in [4.69, 9.17) is 15.2 Å². The maximum Gasteiger partial charge on any atom is 0.166 e. The Morgan fingerprint density at radius 2 is 1.65 bits per heavy atom. The van der Waals surface area contributed by atoms with E-state index in [0.717, 1.165) is 17.0 Å². The van der Waals surface area contributed by atoms with E-state index in [1.807, 2.05) is 30.3 Å². The van der Waals surface area contributed by atoms with Gasteiger partial charge < -0.3 is 15.2 Å². The fourth-order valence-electron chi connectivity index (χ4n) is 1.64. The Bertz CT molecular complexity index is 527. The van der Waals surface area contributed by atoms with Crippen LogP contribution >= 0.6 is 0 Å². The number of pyridine rings is 1. The van der Waals surface area contributed by atoms with Gasteiger partial charge in [-0.25, -0.2) is 4.98 Å². The number of methoxy groups -OCH3 is 2. The standard InChI is InChI=1S/C13H14N2O2/c1-16-11-6-4-3-5-9(11)10-7-8-12(17-2)13(14)15-10/h3-8H,1-2H3,(H2,14,15). The number of nitrogens with zero attached hydrogens (tertiary/aromatic N) is 1. The summed E-state index contributed by atoms with van der Waals surface area (Å²) in [5, 5.41) is 0. The van der Waals surface area contributed by atoms with Crippen molar-refractivity contribution in [3.63, 3.8) is 0 Å². The Morgan fingerprint density at radius 3 is 2.29 bits per heavy atom. The van der Waals surface area contributed by atoms with Gasteiger partial charge in [0.2, 0.25) is 0 Å². The third-order valence-electron chi connectivity index (χ3n) is 2.49. The molecule has 0 radical (unpaired) electrons. The van der Waals surface area contributed by atoms with Gasteiger partial charge in [0.05, 0.1) is 19.9 Å². The van der Waals surface area contributed by atoms with Crippen molar-refractivity contribution < 1.29 is 9.47 Å². The van der Waals surface area contributed by atoms with E-state index in [-0.39, 0.29) is 0 Å². The molecule has 0 aliphatic carbocycles. The van der Waals surface area contributed by atoms with Crippen LogP contribution in [0.15, 0.2) is 36.4 Å². The quantitative estimate of drug-likeness (QED) is 0.879. The summed E-state index contributed by atoms with van der Waals surface area (Å²) in [6.07, 6.45) is 0. The Hall–Kier alpha value is -2.23. The zero-order chi connectivity index (χ0) is 12.3. The number of hydrogen-bond donors (Lipinski definition) is 1. The van der Waals surface area contributed by atoms with Gasteiger partial charge in [-0.05, 0) is 24.3 Å². The molecule has 2 rings (SSSR count). The van der Waals surface area contributed by atoms with Gasteiger partial charge >= 0.3 is 0 Å². The number of nitrogens with two attached hydrogens (primary N) is 1. The molecule has 0 aliphatic rings. The lowest BCUT2D eigenvalue weighted by Gasteiger charge is -2.09. The second-order valence-corrected chi connectivity index (χ2v) is 3.48. The van der Waals surface area contributed by atoms with Crippen LogP contribution in [-0.2, 0) is 0 Å². The smallest absolute Gasteiger partial charge is 0.166 e. The van der Waals surface area contributed by atoms with Crippen molar-refractivity contribution in [3.8, 4) is 22.8 Å². The molecular formula is C13H14N2O2. The highest BCUT2D eigenvalue weighted by Crippen LogP contribution is 2.30. The topological polar surface area (TPSA) is 57.4 Å². The molecule has 2 aromatic rings. The van der Waals surface area contributed by atoms with E-state index < -0.39 is 0 Å². The Labute approximate surface area is 100 Å². The summed E-state index contributed by atoms with van der Waals surface area (Å²) in [6.45, 7) is 0. The average molecular weight is 230 g/mol. The summed E-state index contributed by atoms with van der Waals surface area (Å²) < 4.78 is 10.4. The summed E-state index contributed by atoms with van der Waals surface area (Å²) in [4.78, 5) is 4.30. The van der Waals surface area contributed by atoms with Gasteiger partial charge in [0.1, 0.15) is 5.75 Å². The molecule has 0 fully saturated rings. The number of hydrogen-bond acceptors (Lipinski definition) is 4. The van der Waals surface area contributed by atoms with Crippen LogP contribution in [0.2, 0.25) is 0 Å². The summed E-state index contributed by atoms with van der Waals surface area (Å²) in [5.41, 5.74) is 7.46. The van der Waals surface area contributed by atoms with Gasteiger partial charge in [0.15, 0.2) is 11.6 Å². The van der Waals surface area contributed by atoms with Crippen molar-refractivity contribution in [2.24, 2.45) is 0 Å². The van der Waals surface area contributed by atoms with Crippen LogP contribution < -0.4 is 15.2 Å². The molecule has 0 spiro atoms. The Balaban J connectivity index is 2.49. The molecule has 88 valence electrons. The first-order chi connectivity index (χ1) is 8.26. The molecule has 0 unspecified atom stereocenters. The maximum atomic E-state index is 5.78. The van der Waals surface area contributed by atoms with Crippen LogP contribution in [0.25, 0.3) is 11.3 Å². The SMILES string of the molecule is COc1ccccc1-c1ccc(OC)c(N)n1. The lowest BCUT2D eigenvalue weighted by molar-refractivity contribution is 0.414. The first-order valence-corrected chi connectivity index (χ1v) is 5.20. The molecule has 1 aromatic carbocycles. The first kappa shape index (κ1) is 11.3. The highest BCUT2D eigenvalue weighted by atomic mass is 16.5. The van der Waals surface area contributed by atoms with Crippen LogP contribution in [0, 0.1) is 0 Å². The van der Waals surface area contributed by atoms with Crippen LogP contribution in [0.4, 0.5) is 5.82 Å². The molecule has 4 heteroatoms. The van der Waals surface area contributed by atoms with Crippen LogP contribution in [-0.4, -0.2) is 19.2 Å². The number of nitrogen functional groups attached to an aromatic ring is 1. The molecule has 1 heterocycles. The van der Waals surface area contributed by atoms with Gasteiger partial charge in [-0.1, -0.05) is 12.1 Å². The fraction of sp³-hybridized carbons (Fsp3) is 0.154. The van der Waals surface area contributed by atoms with E-state index in [0.29, 0.717) is 11.6 Å². The van der Waals surface area contributed by atoms with Crippen LogP contribution in [0.3, 0.4) is 0 Å². The van der Waals surface area contributed by atoms with Gasteiger partial charge in [-0.3, -0.25) is 0 Å². The maximum absolute atomic E-state index is 5.78. The molecule has 4 nitrogen and oxygen atoms in total. The normalized spacial score (nSPS) is 10.0. The molecule has 2 N–H and O–H groups in total. The lowest BCUT2D eigenvalue weighted by atomic mass is 10.1. The van der Waals surface area contributed by atoms with Crippen LogP contribution in [0.5, 0.6) is 11.5 Å². The predicted octanol–water partition coefficient (Wildman–Crippen LogP) is 2.35. The van der Waals surface area contributed by atoms with E-state index in [2.05, 4.69) is 4.98 Å². The van der Waals surface area contributed by atoms with Crippen molar-refractivity contribution in [1.29, 1.82) is 0 Å². The Morgan fingerprint density at radius 1 is 0.941 bits per heavy atom. The minimum atomic E-state index is 0.371. The number of anilines is 1. The van der Waals surface area contributed by atoms with Gasteiger partial charge in [-0.15, -0.1) is 0 Å². The number of benzene rings is 1. The van der Waals surface area contributed by atoms with Crippen molar-refractivity contribution in [1.82, 2.24) is 4.98 Å². The number of rotatable bonds is 3. The van der Waals surface area contributed by atoms with E-state index in [9.17, 15) is 0 Å². The highest BCUT2D eigenvalue weighted by molar-refractivity contribution is 5.69. The molecule has 1 aromatic heterocycles. The Kier molecular flexibility index (Phi) is 3.14. The van der Waals surface area contributed by atoms with E-state index in [1.54, 1.807) is 20.3 Å². The summed E-state index contributed by atoms with van der Waals surface area (Å²) in [7, 11) is 3.20. The van der Waals surface area contributed by atoms with Crippen molar-refractivity contribution >= 4 is 5.82 Å². The third-order valence-corrected chi connectivity index (χ3v) is 2.49. The predicted molar refractivity (Wildman–Crippen MR) is 67.2 cm³/mol. The van der Waals surface area contributed by atoms with Crippen molar-refractivity contribution in [2.75, 3.05) is 20.0 Å². The molecule has 0 amide bonds. The van der Waals surface area contributed by atoms with Crippen molar-refractivity contribution in [3.05, 3.63) is 36.4 Å². The van der Waals surface area contributed by atoms with Gasteiger partial charge in [0.25, 0.3) is 0 Å². The molecule has 17 heavy (non-hydrogen) atoms. The van der Waals surface area contributed by atoms with E-state index >= 15 is 0 Å². The molecule has 0 bridgehead atoms. The minimum Gasteiger partial charge on any atom is -0.496 e. The van der Waals surface area contributed by atoms with Crippen molar-refractivity contribution in [2.45, 2.75) is 0 Å². The highest BCUT2D eigenvalue weighted by Gasteiger charge is 2.08. The van der Waals surface area contributed by atoms with Crippen LogP contribution in [0.1, 0.15) is 0 Å². The zero-order valence-electron chi connectivity index (χ0n) is 9.81. The fourth-order valence-corrected chi connectivity index (χ4v) is 1.64. The van der Waals surface area contributed by atoms with Gasteiger partial charge in [-0.2, -0.15) is 0 Å². The number of aromatic nitrogens is 1. The largest absolute Gasteiger partial charge is 0.496 e. The monoisotopic (exact) mass is 230 g/mol. The summed E-state index contributed by atoms with van der Waals surface area (Å²) in [6, 6.07) is 11.3. The summed E-state index contributed by atoms with van der Waals surface area (Å²) in [5.74, 6) is 1.71. The first-order valence-electron chi connectivity index (χ1n) is 5.20. The molecule has 0 saturated heterocycles. The van der Waals surface area contributed by atoms with Gasteiger partial charge in [0, 0.05) is 5.56 Å². The van der Waals surface area contributed by atoms with E-state index in [1.165, 1.54) is 0 Å². The lowest BCUT2D eigenvalue weighted by Crippen LogP contribution is -1.97. The molecule has 0 atom stereocenters. The molecular weight excluding hydrogens is 216 g/mol. The minimum absolute atomic E-state index is 0.371. The molecule has 0 aliphatic heterocycles. The molecule has 0 saturated carbocycles. The second kappa shape index (κ2) is 4.74. The third kappa shape index (κ3) is 2.15. The second-order valence-electron chi connectivity index (χ2n) is 3.48. The number of ether oxygens (including phenoxy) is 2. The zero-order valence-corrected chi connectivity index (χ0v) is 9.81. The summed E-state index contributed by atoms with van der Waals surface area (Å²) >= 11 is 0. The number of para-hydroxylation sites is 1.